The summed E-state index contributed by atoms with van der Waals surface area (Å²) in [5.41, 5.74) is 0.159. The fourth-order valence-electron chi connectivity index (χ4n) is 1.76. The van der Waals surface area contributed by atoms with Crippen LogP contribution in [0.15, 0.2) is 41.2 Å². The highest BCUT2D eigenvalue weighted by molar-refractivity contribution is 5.94. The second kappa shape index (κ2) is 5.91. The molecule has 0 aliphatic rings. The summed E-state index contributed by atoms with van der Waals surface area (Å²) in [5.74, 6) is -2.00. The van der Waals surface area contributed by atoms with Crippen molar-refractivity contribution in [1.82, 2.24) is 10.3 Å². The SMILES string of the molecule is O=C(O)c1cccc(CNC(=O)c2cc(O)[nH]c(=O)c2)c1. The molecule has 0 unspecified atom stereocenters. The predicted octanol–water partition coefficient (Wildman–Crippen LogP) is 0.709. The number of aromatic nitrogens is 1. The number of rotatable bonds is 4. The van der Waals surface area contributed by atoms with Crippen LogP contribution in [-0.2, 0) is 6.54 Å². The molecule has 0 saturated heterocycles. The molecule has 4 N–H and O–H groups in total. The fourth-order valence-corrected chi connectivity index (χ4v) is 1.76. The summed E-state index contributed by atoms with van der Waals surface area (Å²) in [6.45, 7) is 0.105. The van der Waals surface area contributed by atoms with Crippen LogP contribution in [0.3, 0.4) is 0 Å². The van der Waals surface area contributed by atoms with Crippen LogP contribution in [0.2, 0.25) is 0 Å². The van der Waals surface area contributed by atoms with Crippen molar-refractivity contribution in [2.24, 2.45) is 0 Å². The summed E-state index contributed by atoms with van der Waals surface area (Å²) in [4.78, 5) is 35.9. The third kappa shape index (κ3) is 3.69. The minimum absolute atomic E-state index is 0.0191. The van der Waals surface area contributed by atoms with E-state index < -0.39 is 23.3 Å². The largest absolute Gasteiger partial charge is 0.494 e. The van der Waals surface area contributed by atoms with Crippen LogP contribution in [0.5, 0.6) is 5.88 Å². The summed E-state index contributed by atoms with van der Waals surface area (Å²) in [6.07, 6.45) is 0. The summed E-state index contributed by atoms with van der Waals surface area (Å²) in [7, 11) is 0. The number of carboxylic acids is 1. The maximum Gasteiger partial charge on any atom is 0.335 e. The van der Waals surface area contributed by atoms with E-state index in [4.69, 9.17) is 5.11 Å². The Kier molecular flexibility index (Phi) is 4.03. The van der Waals surface area contributed by atoms with Gasteiger partial charge in [-0.1, -0.05) is 12.1 Å². The molecule has 0 atom stereocenters. The number of carboxylic acid groups (broad SMARTS) is 1. The van der Waals surface area contributed by atoms with E-state index in [9.17, 15) is 19.5 Å². The van der Waals surface area contributed by atoms with Gasteiger partial charge in [0.1, 0.15) is 0 Å². The Labute approximate surface area is 118 Å². The van der Waals surface area contributed by atoms with E-state index in [1.807, 2.05) is 0 Å². The molecular formula is C14H12N2O5. The molecule has 0 fully saturated rings. The van der Waals surface area contributed by atoms with E-state index in [-0.39, 0.29) is 17.7 Å². The molecule has 2 rings (SSSR count). The van der Waals surface area contributed by atoms with Crippen LogP contribution in [-0.4, -0.2) is 27.1 Å². The first-order chi connectivity index (χ1) is 9.95. The second-order valence-electron chi connectivity index (χ2n) is 4.31. The zero-order chi connectivity index (χ0) is 15.4. The lowest BCUT2D eigenvalue weighted by atomic mass is 10.1. The van der Waals surface area contributed by atoms with Gasteiger partial charge < -0.3 is 15.5 Å². The van der Waals surface area contributed by atoms with Gasteiger partial charge in [-0.25, -0.2) is 4.79 Å². The number of aromatic amines is 1. The van der Waals surface area contributed by atoms with Crippen LogP contribution in [0.1, 0.15) is 26.3 Å². The lowest BCUT2D eigenvalue weighted by molar-refractivity contribution is 0.0696. The van der Waals surface area contributed by atoms with Gasteiger partial charge in [-0.05, 0) is 17.7 Å². The zero-order valence-corrected chi connectivity index (χ0v) is 10.8. The minimum atomic E-state index is -1.05. The highest BCUT2D eigenvalue weighted by atomic mass is 16.4. The fraction of sp³-hybridized carbons (Fsp3) is 0.0714. The summed E-state index contributed by atoms with van der Waals surface area (Å²) >= 11 is 0. The van der Waals surface area contributed by atoms with Crippen LogP contribution < -0.4 is 10.9 Å². The monoisotopic (exact) mass is 288 g/mol. The molecule has 1 aromatic heterocycles. The second-order valence-corrected chi connectivity index (χ2v) is 4.31. The first-order valence-corrected chi connectivity index (χ1v) is 5.99. The number of amides is 1. The van der Waals surface area contributed by atoms with Crippen LogP contribution in [0.25, 0.3) is 0 Å². The van der Waals surface area contributed by atoms with Crippen molar-refractivity contribution in [1.29, 1.82) is 0 Å². The van der Waals surface area contributed by atoms with Crippen molar-refractivity contribution in [2.75, 3.05) is 0 Å². The Bertz CT molecular complexity index is 751. The molecule has 0 saturated carbocycles. The topological polar surface area (TPSA) is 119 Å². The maximum absolute atomic E-state index is 11.8. The number of carbonyl (C=O) groups excluding carboxylic acids is 1. The van der Waals surface area contributed by atoms with Crippen molar-refractivity contribution in [3.63, 3.8) is 0 Å². The van der Waals surface area contributed by atoms with E-state index >= 15 is 0 Å². The highest BCUT2D eigenvalue weighted by Crippen LogP contribution is 2.07. The Morgan fingerprint density at radius 2 is 1.90 bits per heavy atom. The van der Waals surface area contributed by atoms with E-state index in [1.165, 1.54) is 12.1 Å². The number of benzene rings is 1. The zero-order valence-electron chi connectivity index (χ0n) is 10.8. The molecular weight excluding hydrogens is 276 g/mol. The Morgan fingerprint density at radius 3 is 2.57 bits per heavy atom. The molecule has 1 amide bonds. The summed E-state index contributed by atoms with van der Waals surface area (Å²) in [5, 5.41) is 20.6. The quantitative estimate of drug-likeness (QED) is 0.660. The van der Waals surface area contributed by atoms with Gasteiger partial charge >= 0.3 is 5.97 Å². The Morgan fingerprint density at radius 1 is 1.14 bits per heavy atom. The first kappa shape index (κ1) is 14.3. The van der Waals surface area contributed by atoms with Gasteiger partial charge in [0.2, 0.25) is 0 Å². The molecule has 108 valence electrons. The van der Waals surface area contributed by atoms with Gasteiger partial charge in [-0.15, -0.1) is 0 Å². The number of aromatic hydroxyl groups is 1. The van der Waals surface area contributed by atoms with Gasteiger partial charge in [0.25, 0.3) is 11.5 Å². The Balaban J connectivity index is 2.09. The molecule has 1 aromatic carbocycles. The summed E-state index contributed by atoms with van der Waals surface area (Å²) < 4.78 is 0. The van der Waals surface area contributed by atoms with E-state index in [0.29, 0.717) is 5.56 Å². The lowest BCUT2D eigenvalue weighted by Crippen LogP contribution is -2.24. The normalized spacial score (nSPS) is 10.1. The van der Waals surface area contributed by atoms with Gasteiger partial charge in [-0.3, -0.25) is 14.6 Å². The number of pyridine rings is 1. The van der Waals surface area contributed by atoms with Gasteiger partial charge in [-0.2, -0.15) is 0 Å². The van der Waals surface area contributed by atoms with E-state index in [2.05, 4.69) is 10.3 Å². The number of carbonyl (C=O) groups is 2. The van der Waals surface area contributed by atoms with E-state index in [1.54, 1.807) is 12.1 Å². The molecule has 0 spiro atoms. The maximum atomic E-state index is 11.8. The number of nitrogens with one attached hydrogen (secondary N) is 2. The summed E-state index contributed by atoms with van der Waals surface area (Å²) in [6, 6.07) is 8.32. The third-order valence-electron chi connectivity index (χ3n) is 2.72. The van der Waals surface area contributed by atoms with Gasteiger partial charge in [0.15, 0.2) is 5.88 Å². The molecule has 0 aliphatic carbocycles. The molecule has 21 heavy (non-hydrogen) atoms. The first-order valence-electron chi connectivity index (χ1n) is 5.99. The number of aromatic carboxylic acids is 1. The van der Waals surface area contributed by atoms with Gasteiger partial charge in [0.05, 0.1) is 11.1 Å². The smallest absolute Gasteiger partial charge is 0.335 e. The molecule has 1 heterocycles. The number of hydrogen-bond acceptors (Lipinski definition) is 4. The van der Waals surface area contributed by atoms with Crippen LogP contribution in [0, 0.1) is 0 Å². The number of H-pyrrole nitrogens is 1. The lowest BCUT2D eigenvalue weighted by Gasteiger charge is -2.06. The number of hydrogen-bond donors (Lipinski definition) is 4. The molecule has 7 nitrogen and oxygen atoms in total. The van der Waals surface area contributed by atoms with Gasteiger partial charge in [0, 0.05) is 18.7 Å². The van der Waals surface area contributed by atoms with Crippen LogP contribution in [0.4, 0.5) is 0 Å². The minimum Gasteiger partial charge on any atom is -0.494 e. The molecule has 7 heteroatoms. The molecule has 0 radical (unpaired) electrons. The van der Waals surface area contributed by atoms with Crippen molar-refractivity contribution in [2.45, 2.75) is 6.54 Å². The molecule has 2 aromatic rings. The standard InChI is InChI=1S/C14H12N2O5/c17-11-5-10(6-12(18)16-11)13(19)15-7-8-2-1-3-9(4-8)14(20)21/h1-6H,7H2,(H,15,19)(H,20,21)(H2,16,17,18). The van der Waals surface area contributed by atoms with Crippen molar-refractivity contribution in [3.8, 4) is 5.88 Å². The van der Waals surface area contributed by atoms with E-state index in [0.717, 1.165) is 12.1 Å². The van der Waals surface area contributed by atoms with Crippen molar-refractivity contribution in [3.05, 3.63) is 63.4 Å². The molecule has 0 aliphatic heterocycles. The predicted molar refractivity (Wildman–Crippen MR) is 73.3 cm³/mol. The van der Waals surface area contributed by atoms with Crippen LogP contribution >= 0.6 is 0 Å². The van der Waals surface area contributed by atoms with Crippen molar-refractivity contribution >= 4 is 11.9 Å². The van der Waals surface area contributed by atoms with Crippen molar-refractivity contribution < 1.29 is 19.8 Å². The average Bonchev–Trinajstić information content (AvgIpc) is 2.44. The average molecular weight is 288 g/mol. The highest BCUT2D eigenvalue weighted by Gasteiger charge is 2.09. The Hall–Kier alpha value is -3.09. The molecule has 0 bridgehead atoms. The third-order valence-corrected chi connectivity index (χ3v) is 2.72.